The molecule has 0 amide bonds. The summed E-state index contributed by atoms with van der Waals surface area (Å²) < 4.78 is 40.0. The number of allylic oxidation sites excluding steroid dienone is 1. The molecule has 2 heterocycles. The van der Waals surface area contributed by atoms with Crippen LogP contribution in [-0.2, 0) is 24.8 Å². The van der Waals surface area contributed by atoms with Gasteiger partial charge in [-0.15, -0.1) is 0 Å². The lowest BCUT2D eigenvalue weighted by molar-refractivity contribution is 0.0597. The summed E-state index contributed by atoms with van der Waals surface area (Å²) in [6, 6.07) is 14.5. The zero-order valence-corrected chi connectivity index (χ0v) is 25.8. The number of carbonyl (C=O) groups is 2. The van der Waals surface area contributed by atoms with Crippen molar-refractivity contribution in [2.75, 3.05) is 14.2 Å². The average molecular weight is 627 g/mol. The Bertz CT molecular complexity index is 2050. The highest BCUT2D eigenvalue weighted by Crippen LogP contribution is 2.23. The normalized spacial score (nSPS) is 11.3. The van der Waals surface area contributed by atoms with Gasteiger partial charge in [0.05, 0.1) is 26.3 Å². The molecule has 0 aliphatic rings. The number of halogens is 2. The lowest BCUT2D eigenvalue weighted by atomic mass is 10.1. The average Bonchev–Trinajstić information content (AvgIpc) is 3.26. The van der Waals surface area contributed by atoms with Crippen LogP contribution >= 0.6 is 0 Å². The number of aromatic nitrogens is 4. The lowest BCUT2D eigenvalue weighted by Crippen LogP contribution is -2.25. The number of nitrogens with zero attached hydrogens (tertiary/aromatic N) is 4. The van der Waals surface area contributed by atoms with Gasteiger partial charge in [0, 0.05) is 37.2 Å². The number of benzene rings is 3. The van der Waals surface area contributed by atoms with Crippen molar-refractivity contribution < 1.29 is 27.8 Å². The smallest absolute Gasteiger partial charge is 0.341 e. The molecular weight excluding hydrogens is 594 g/mol. The van der Waals surface area contributed by atoms with Crippen LogP contribution in [0, 0.1) is 18.6 Å². The molecule has 0 saturated heterocycles. The third kappa shape index (κ3) is 6.78. The summed E-state index contributed by atoms with van der Waals surface area (Å²) in [6.07, 6.45) is 6.52. The molecule has 3 aromatic carbocycles. The maximum absolute atomic E-state index is 13.7. The van der Waals surface area contributed by atoms with Crippen LogP contribution in [0.3, 0.4) is 0 Å². The molecule has 9 nitrogen and oxygen atoms in total. The first-order valence-corrected chi connectivity index (χ1v) is 14.5. The number of rotatable bonds is 11. The summed E-state index contributed by atoms with van der Waals surface area (Å²) in [5.74, 6) is -1.69. The van der Waals surface area contributed by atoms with Crippen molar-refractivity contribution in [1.29, 1.82) is 0 Å². The van der Waals surface area contributed by atoms with Crippen LogP contribution in [0.5, 0.6) is 5.75 Å². The molecule has 0 radical (unpaired) electrons. The van der Waals surface area contributed by atoms with Crippen molar-refractivity contribution >= 4 is 28.7 Å². The quantitative estimate of drug-likeness (QED) is 0.134. The largest absolute Gasteiger partial charge is 0.496 e. The standard InChI is InChI=1S/C35H32F2N4O5/c1-21-33(34(43)41(40(21)2)20-24-10-13-27(36)28(37)16-24)30(42)8-6-5-7-22-11-14-29-25(15-22)19-38-32(39-29)18-23-9-12-26(35(44)46-4)31(17-23)45-3/h5,7,9-17,19H,6,8,18,20H2,1-4H3/b7-5+. The number of methoxy groups -OCH3 is 2. The zero-order chi connectivity index (χ0) is 33.0. The Balaban J connectivity index is 1.22. The molecule has 0 bridgehead atoms. The maximum Gasteiger partial charge on any atom is 0.341 e. The van der Waals surface area contributed by atoms with Gasteiger partial charge in [-0.3, -0.25) is 14.3 Å². The number of esters is 1. The van der Waals surface area contributed by atoms with Crippen molar-refractivity contribution in [3.8, 4) is 5.75 Å². The van der Waals surface area contributed by atoms with Crippen molar-refractivity contribution in [2.24, 2.45) is 7.05 Å². The molecule has 0 atom stereocenters. The number of carbonyl (C=O) groups excluding carboxylic acids is 2. The van der Waals surface area contributed by atoms with Gasteiger partial charge < -0.3 is 9.47 Å². The van der Waals surface area contributed by atoms with Crippen LogP contribution < -0.4 is 10.3 Å². The van der Waals surface area contributed by atoms with Gasteiger partial charge >= 0.3 is 5.97 Å². The third-order valence-electron chi connectivity index (χ3n) is 7.79. The van der Waals surface area contributed by atoms with E-state index in [0.29, 0.717) is 41.2 Å². The molecule has 2 aromatic heterocycles. The number of fused-ring (bicyclic) bond motifs is 1. The second-order valence-corrected chi connectivity index (χ2v) is 10.8. The van der Waals surface area contributed by atoms with Gasteiger partial charge in [-0.2, -0.15) is 0 Å². The minimum Gasteiger partial charge on any atom is -0.496 e. The van der Waals surface area contributed by atoms with Crippen molar-refractivity contribution in [3.63, 3.8) is 0 Å². The summed E-state index contributed by atoms with van der Waals surface area (Å²) in [7, 11) is 4.46. The molecule has 5 rings (SSSR count). The Morgan fingerprint density at radius 1 is 0.978 bits per heavy atom. The first-order chi connectivity index (χ1) is 22.1. The Kier molecular flexibility index (Phi) is 9.50. The van der Waals surface area contributed by atoms with E-state index in [9.17, 15) is 23.2 Å². The Labute approximate surface area is 263 Å². The van der Waals surface area contributed by atoms with Crippen molar-refractivity contribution in [2.45, 2.75) is 32.7 Å². The van der Waals surface area contributed by atoms with E-state index in [4.69, 9.17) is 9.47 Å². The molecule has 0 unspecified atom stereocenters. The molecular formula is C35H32F2N4O5. The van der Waals surface area contributed by atoms with Gasteiger partial charge in [0.15, 0.2) is 17.4 Å². The number of hydrogen-bond donors (Lipinski definition) is 0. The second kappa shape index (κ2) is 13.7. The number of Topliss-reactive ketones (excluding diaryl/α,β-unsaturated/α-hetero) is 1. The van der Waals surface area contributed by atoms with E-state index >= 15 is 0 Å². The highest BCUT2D eigenvalue weighted by molar-refractivity contribution is 5.97. The van der Waals surface area contributed by atoms with Crippen LogP contribution in [0.25, 0.3) is 17.0 Å². The van der Waals surface area contributed by atoms with Crippen LogP contribution in [0.2, 0.25) is 0 Å². The van der Waals surface area contributed by atoms with E-state index in [2.05, 4.69) is 9.97 Å². The minimum absolute atomic E-state index is 0.00656. The topological polar surface area (TPSA) is 105 Å². The molecule has 5 aromatic rings. The fraction of sp³-hybridized carbons (Fsp3) is 0.229. The SMILES string of the molecule is COC(=O)c1ccc(Cc2ncc3cc(/C=C/CCC(=O)c4c(C)n(C)n(Cc5ccc(F)c(F)c5)c4=O)ccc3n2)cc1OC. The maximum atomic E-state index is 13.7. The summed E-state index contributed by atoms with van der Waals surface area (Å²) >= 11 is 0. The second-order valence-electron chi connectivity index (χ2n) is 10.8. The first-order valence-electron chi connectivity index (χ1n) is 14.5. The van der Waals surface area contributed by atoms with E-state index < -0.39 is 23.2 Å². The Morgan fingerprint density at radius 3 is 2.50 bits per heavy atom. The molecule has 0 aliphatic heterocycles. The van der Waals surface area contributed by atoms with Gasteiger partial charge in [0.1, 0.15) is 22.7 Å². The zero-order valence-electron chi connectivity index (χ0n) is 25.8. The van der Waals surface area contributed by atoms with Crippen LogP contribution in [0.4, 0.5) is 8.78 Å². The van der Waals surface area contributed by atoms with E-state index in [1.54, 1.807) is 37.0 Å². The number of hydrogen-bond acceptors (Lipinski definition) is 7. The molecule has 0 fully saturated rings. The molecule has 0 N–H and O–H groups in total. The predicted molar refractivity (Wildman–Crippen MR) is 169 cm³/mol. The lowest BCUT2D eigenvalue weighted by Gasteiger charge is -2.09. The number of ketones is 1. The van der Waals surface area contributed by atoms with E-state index in [1.165, 1.54) is 25.0 Å². The van der Waals surface area contributed by atoms with Gasteiger partial charge in [-0.05, 0) is 66.4 Å². The van der Waals surface area contributed by atoms with E-state index in [0.717, 1.165) is 34.2 Å². The first kappa shape index (κ1) is 32.0. The van der Waals surface area contributed by atoms with Gasteiger partial charge in [0.2, 0.25) is 0 Å². The van der Waals surface area contributed by atoms with Gasteiger partial charge in [0.25, 0.3) is 5.56 Å². The van der Waals surface area contributed by atoms with Crippen LogP contribution in [0.15, 0.2) is 71.7 Å². The van der Waals surface area contributed by atoms with Crippen LogP contribution in [-0.4, -0.2) is 45.3 Å². The minimum atomic E-state index is -0.995. The predicted octanol–water partition coefficient (Wildman–Crippen LogP) is 5.83. The van der Waals surface area contributed by atoms with Crippen LogP contribution in [0.1, 0.15) is 61.8 Å². The molecule has 236 valence electrons. The highest BCUT2D eigenvalue weighted by atomic mass is 19.2. The Hall–Kier alpha value is -5.45. The fourth-order valence-corrected chi connectivity index (χ4v) is 5.22. The van der Waals surface area contributed by atoms with Crippen molar-refractivity contribution in [1.82, 2.24) is 19.3 Å². The monoisotopic (exact) mass is 626 g/mol. The molecule has 0 aliphatic carbocycles. The highest BCUT2D eigenvalue weighted by Gasteiger charge is 2.21. The van der Waals surface area contributed by atoms with E-state index in [1.807, 2.05) is 36.4 Å². The van der Waals surface area contributed by atoms with Gasteiger partial charge in [-0.25, -0.2) is 28.2 Å². The van der Waals surface area contributed by atoms with Crippen molar-refractivity contribution in [3.05, 3.63) is 128 Å². The summed E-state index contributed by atoms with van der Waals surface area (Å²) in [4.78, 5) is 47.2. The molecule has 0 spiro atoms. The summed E-state index contributed by atoms with van der Waals surface area (Å²) in [6.45, 7) is 1.69. The Morgan fingerprint density at radius 2 is 1.76 bits per heavy atom. The fourth-order valence-electron chi connectivity index (χ4n) is 5.22. The third-order valence-corrected chi connectivity index (χ3v) is 7.79. The summed E-state index contributed by atoms with van der Waals surface area (Å²) in [5.41, 5.74) is 3.44. The van der Waals surface area contributed by atoms with E-state index in [-0.39, 0.29) is 24.3 Å². The molecule has 0 saturated carbocycles. The summed E-state index contributed by atoms with van der Waals surface area (Å²) in [5, 5.41) is 0.849. The number of ether oxygens (including phenoxy) is 2. The molecule has 11 heteroatoms. The molecule has 46 heavy (non-hydrogen) atoms. The van der Waals surface area contributed by atoms with Gasteiger partial charge in [-0.1, -0.05) is 30.4 Å².